The van der Waals surface area contributed by atoms with Crippen molar-refractivity contribution in [3.8, 4) is 11.5 Å². The van der Waals surface area contributed by atoms with Crippen molar-refractivity contribution < 1.29 is 9.47 Å². The summed E-state index contributed by atoms with van der Waals surface area (Å²) in [5.41, 5.74) is 10.5. The monoisotopic (exact) mass is 406 g/mol. The average molecular weight is 407 g/mol. The topological polar surface area (TPSA) is 66.8 Å². The van der Waals surface area contributed by atoms with Crippen LogP contribution in [0.15, 0.2) is 42.6 Å². The van der Waals surface area contributed by atoms with Crippen molar-refractivity contribution in [3.05, 3.63) is 48.2 Å². The van der Waals surface area contributed by atoms with Gasteiger partial charge in [0.25, 0.3) is 0 Å². The second kappa shape index (κ2) is 8.48. The number of H-pyrrole nitrogens is 1. The number of hydrogen-bond donors (Lipinski definition) is 2. The number of unbranched alkanes of at least 4 members (excludes halogenated alkanes) is 1. The molecule has 3 N–H and O–H groups in total. The summed E-state index contributed by atoms with van der Waals surface area (Å²) in [6.07, 6.45) is 5.68. The molecule has 0 amide bonds. The van der Waals surface area contributed by atoms with Gasteiger partial charge in [-0.3, -0.25) is 4.90 Å². The molecule has 0 saturated carbocycles. The Morgan fingerprint density at radius 2 is 1.73 bits per heavy atom. The van der Waals surface area contributed by atoms with E-state index in [1.165, 1.54) is 36.0 Å². The molecule has 3 heterocycles. The molecule has 0 spiro atoms. The second-order valence-corrected chi connectivity index (χ2v) is 8.23. The Morgan fingerprint density at radius 1 is 0.900 bits per heavy atom. The van der Waals surface area contributed by atoms with Gasteiger partial charge in [0.05, 0.1) is 0 Å². The standard InChI is InChI=1S/C24H30N4O2/c25-19-4-6-21-18(17-26-22(21)15-19)3-1-2-8-27-9-11-28(12-10-27)20-5-7-23-24(16-20)30-14-13-29-23/h4-7,15-17,26H,1-3,8-14,25H2. The van der Waals surface area contributed by atoms with Crippen LogP contribution < -0.4 is 20.1 Å². The molecular formula is C24H30N4O2. The molecule has 0 radical (unpaired) electrons. The Bertz CT molecular complexity index is 1010. The molecule has 6 heteroatoms. The number of nitrogens with two attached hydrogens (primary N) is 1. The summed E-state index contributed by atoms with van der Waals surface area (Å²) < 4.78 is 11.4. The van der Waals surface area contributed by atoms with Gasteiger partial charge in [-0.2, -0.15) is 0 Å². The molecule has 5 rings (SSSR count). The number of anilines is 2. The Labute approximate surface area is 177 Å². The van der Waals surface area contributed by atoms with Gasteiger partial charge in [-0.15, -0.1) is 0 Å². The summed E-state index contributed by atoms with van der Waals surface area (Å²) in [6, 6.07) is 12.4. The average Bonchev–Trinajstić information content (AvgIpc) is 3.18. The predicted octanol–water partition coefficient (Wildman–Crippen LogP) is 3.67. The lowest BCUT2D eigenvalue weighted by Crippen LogP contribution is -2.46. The van der Waals surface area contributed by atoms with E-state index < -0.39 is 0 Å². The van der Waals surface area contributed by atoms with Gasteiger partial charge < -0.3 is 25.1 Å². The highest BCUT2D eigenvalue weighted by Gasteiger charge is 2.19. The van der Waals surface area contributed by atoms with Crippen LogP contribution in [0, 0.1) is 0 Å². The Hall–Kier alpha value is -2.86. The molecule has 3 aromatic rings. The second-order valence-electron chi connectivity index (χ2n) is 8.23. The van der Waals surface area contributed by atoms with E-state index in [1.807, 2.05) is 18.2 Å². The number of ether oxygens (including phenoxy) is 2. The highest BCUT2D eigenvalue weighted by Crippen LogP contribution is 2.34. The van der Waals surface area contributed by atoms with Crippen LogP contribution in [0.5, 0.6) is 11.5 Å². The number of nitrogens with zero attached hydrogens (tertiary/aromatic N) is 2. The van der Waals surface area contributed by atoms with Crippen molar-refractivity contribution in [2.45, 2.75) is 19.3 Å². The highest BCUT2D eigenvalue weighted by molar-refractivity contribution is 5.85. The maximum Gasteiger partial charge on any atom is 0.163 e. The molecule has 0 atom stereocenters. The van der Waals surface area contributed by atoms with Crippen molar-refractivity contribution in [1.82, 2.24) is 9.88 Å². The third-order valence-electron chi connectivity index (χ3n) is 6.23. The SMILES string of the molecule is Nc1ccc2c(CCCCN3CCN(c4ccc5c(c4)OCCO5)CC3)c[nH]c2c1. The molecule has 0 bridgehead atoms. The van der Waals surface area contributed by atoms with Crippen molar-refractivity contribution in [2.75, 3.05) is 56.6 Å². The van der Waals surface area contributed by atoms with Crippen LogP contribution >= 0.6 is 0 Å². The Kier molecular flexibility index (Phi) is 5.41. The summed E-state index contributed by atoms with van der Waals surface area (Å²) >= 11 is 0. The van der Waals surface area contributed by atoms with E-state index >= 15 is 0 Å². The van der Waals surface area contributed by atoms with Crippen molar-refractivity contribution in [1.29, 1.82) is 0 Å². The van der Waals surface area contributed by atoms with Crippen LogP contribution in [-0.2, 0) is 6.42 Å². The van der Waals surface area contributed by atoms with Gasteiger partial charge in [-0.05, 0) is 55.6 Å². The smallest absolute Gasteiger partial charge is 0.163 e. The lowest BCUT2D eigenvalue weighted by Gasteiger charge is -2.36. The fraction of sp³-hybridized carbons (Fsp3) is 0.417. The molecular weight excluding hydrogens is 376 g/mol. The predicted molar refractivity (Wildman–Crippen MR) is 122 cm³/mol. The van der Waals surface area contributed by atoms with E-state index in [4.69, 9.17) is 15.2 Å². The first-order valence-electron chi connectivity index (χ1n) is 11.0. The normalized spacial score (nSPS) is 16.9. The Morgan fingerprint density at radius 3 is 2.60 bits per heavy atom. The van der Waals surface area contributed by atoms with E-state index in [0.29, 0.717) is 13.2 Å². The first-order valence-corrected chi connectivity index (χ1v) is 11.0. The summed E-state index contributed by atoms with van der Waals surface area (Å²) in [4.78, 5) is 8.38. The van der Waals surface area contributed by atoms with Crippen molar-refractivity contribution >= 4 is 22.3 Å². The first kappa shape index (κ1) is 19.1. The summed E-state index contributed by atoms with van der Waals surface area (Å²) in [6.45, 7) is 6.79. The Balaban J connectivity index is 1.07. The largest absolute Gasteiger partial charge is 0.486 e. The van der Waals surface area contributed by atoms with Gasteiger partial charge >= 0.3 is 0 Å². The van der Waals surface area contributed by atoms with Gasteiger partial charge in [0.15, 0.2) is 11.5 Å². The van der Waals surface area contributed by atoms with Crippen LogP contribution in [0.2, 0.25) is 0 Å². The molecule has 0 aliphatic carbocycles. The van der Waals surface area contributed by atoms with E-state index in [0.717, 1.165) is 55.3 Å². The summed E-state index contributed by atoms with van der Waals surface area (Å²) in [5, 5.41) is 1.30. The third kappa shape index (κ3) is 4.05. The minimum Gasteiger partial charge on any atom is -0.486 e. The molecule has 30 heavy (non-hydrogen) atoms. The number of piperazine rings is 1. The molecule has 0 unspecified atom stereocenters. The number of rotatable bonds is 6. The van der Waals surface area contributed by atoms with Gasteiger partial charge in [0.2, 0.25) is 0 Å². The summed E-state index contributed by atoms with van der Waals surface area (Å²) in [5.74, 6) is 1.74. The van der Waals surface area contributed by atoms with Crippen LogP contribution in [0.1, 0.15) is 18.4 Å². The first-order chi connectivity index (χ1) is 14.8. The molecule has 1 fully saturated rings. The van der Waals surface area contributed by atoms with E-state index in [1.54, 1.807) is 0 Å². The van der Waals surface area contributed by atoms with E-state index in [9.17, 15) is 0 Å². The quantitative estimate of drug-likeness (QED) is 0.483. The van der Waals surface area contributed by atoms with E-state index in [-0.39, 0.29) is 0 Å². The lowest BCUT2D eigenvalue weighted by molar-refractivity contribution is 0.171. The van der Waals surface area contributed by atoms with Gasteiger partial charge in [0.1, 0.15) is 13.2 Å². The van der Waals surface area contributed by atoms with Crippen LogP contribution in [0.3, 0.4) is 0 Å². The minimum absolute atomic E-state index is 0.636. The molecule has 2 aliphatic rings. The van der Waals surface area contributed by atoms with Gasteiger partial charge in [0, 0.05) is 60.7 Å². The van der Waals surface area contributed by atoms with Gasteiger partial charge in [-0.1, -0.05) is 6.07 Å². The molecule has 158 valence electrons. The molecule has 1 saturated heterocycles. The zero-order chi connectivity index (χ0) is 20.3. The van der Waals surface area contributed by atoms with E-state index in [2.05, 4.69) is 39.2 Å². The number of fused-ring (bicyclic) bond motifs is 2. The van der Waals surface area contributed by atoms with Crippen LogP contribution in [-0.4, -0.2) is 55.8 Å². The number of aryl methyl sites for hydroxylation is 1. The number of hydrogen-bond acceptors (Lipinski definition) is 5. The van der Waals surface area contributed by atoms with Crippen LogP contribution in [0.4, 0.5) is 11.4 Å². The molecule has 6 nitrogen and oxygen atoms in total. The zero-order valence-electron chi connectivity index (χ0n) is 17.4. The lowest BCUT2D eigenvalue weighted by atomic mass is 10.1. The van der Waals surface area contributed by atoms with Gasteiger partial charge in [-0.25, -0.2) is 0 Å². The zero-order valence-corrected chi connectivity index (χ0v) is 17.4. The number of nitrogens with one attached hydrogen (secondary N) is 1. The molecule has 1 aromatic heterocycles. The molecule has 2 aromatic carbocycles. The number of benzene rings is 2. The fourth-order valence-corrected chi connectivity index (χ4v) is 4.52. The fourth-order valence-electron chi connectivity index (χ4n) is 4.52. The van der Waals surface area contributed by atoms with Crippen molar-refractivity contribution in [2.24, 2.45) is 0 Å². The van der Waals surface area contributed by atoms with Crippen LogP contribution in [0.25, 0.3) is 10.9 Å². The molecule has 2 aliphatic heterocycles. The van der Waals surface area contributed by atoms with Crippen molar-refractivity contribution in [3.63, 3.8) is 0 Å². The maximum atomic E-state index is 5.87. The number of aromatic amines is 1. The maximum absolute atomic E-state index is 5.87. The minimum atomic E-state index is 0.636. The highest BCUT2D eigenvalue weighted by atomic mass is 16.6. The summed E-state index contributed by atoms with van der Waals surface area (Å²) in [7, 11) is 0. The third-order valence-corrected chi connectivity index (χ3v) is 6.23. The number of nitrogen functional groups attached to an aromatic ring is 1. The number of aromatic nitrogens is 1.